The van der Waals surface area contributed by atoms with E-state index in [2.05, 4.69) is 86.4 Å². The topological polar surface area (TPSA) is 0 Å². The van der Waals surface area contributed by atoms with Crippen LogP contribution in [0.3, 0.4) is 0 Å². The second-order valence-electron chi connectivity index (χ2n) is 5.30. The Morgan fingerprint density at radius 3 is 2.26 bits per heavy atom. The highest BCUT2D eigenvalue weighted by Gasteiger charge is 2.07. The minimum absolute atomic E-state index is 1.16. The van der Waals surface area contributed by atoms with E-state index in [0.717, 1.165) is 5.56 Å². The van der Waals surface area contributed by atoms with Gasteiger partial charge >= 0.3 is 0 Å². The highest BCUT2D eigenvalue weighted by atomic mass is 14.1. The van der Waals surface area contributed by atoms with E-state index in [1.165, 1.54) is 27.1 Å². The minimum atomic E-state index is 1.16. The molecular formula is C23H24. The van der Waals surface area contributed by atoms with Gasteiger partial charge in [0.1, 0.15) is 0 Å². The van der Waals surface area contributed by atoms with Gasteiger partial charge in [-0.1, -0.05) is 85.5 Å². The largest absolute Gasteiger partial charge is 0.0984 e. The van der Waals surface area contributed by atoms with E-state index in [1.807, 2.05) is 19.9 Å². The van der Waals surface area contributed by atoms with E-state index in [-0.39, 0.29) is 0 Å². The van der Waals surface area contributed by atoms with Gasteiger partial charge in [0.15, 0.2) is 0 Å². The maximum atomic E-state index is 3.96. The van der Waals surface area contributed by atoms with Crippen molar-refractivity contribution in [2.24, 2.45) is 0 Å². The summed E-state index contributed by atoms with van der Waals surface area (Å²) >= 11 is 0. The van der Waals surface area contributed by atoms with Crippen molar-refractivity contribution in [2.45, 2.75) is 20.8 Å². The van der Waals surface area contributed by atoms with Gasteiger partial charge in [-0.05, 0) is 53.5 Å². The van der Waals surface area contributed by atoms with Gasteiger partial charge in [-0.15, -0.1) is 0 Å². The molecule has 0 N–H and O–H groups in total. The SMILES string of the molecule is C=Cc1cccc(-c2cccc(=C/C)/c2=C\C=C/C)c1/C=C\C. The lowest BCUT2D eigenvalue weighted by Gasteiger charge is -2.11. The molecule has 0 aromatic heterocycles. The molecule has 0 spiro atoms. The average molecular weight is 300 g/mol. The van der Waals surface area contributed by atoms with Crippen LogP contribution in [0.25, 0.3) is 35.4 Å². The zero-order valence-electron chi connectivity index (χ0n) is 14.2. The lowest BCUT2D eigenvalue weighted by Crippen LogP contribution is -2.26. The number of hydrogen-bond acceptors (Lipinski definition) is 0. The van der Waals surface area contributed by atoms with Gasteiger partial charge < -0.3 is 0 Å². The Morgan fingerprint density at radius 2 is 1.61 bits per heavy atom. The second-order valence-corrected chi connectivity index (χ2v) is 5.30. The molecule has 2 aromatic rings. The molecule has 0 heteroatoms. The zero-order chi connectivity index (χ0) is 16.7. The van der Waals surface area contributed by atoms with Crippen molar-refractivity contribution in [1.82, 2.24) is 0 Å². The lowest BCUT2D eigenvalue weighted by molar-refractivity contribution is 1.47. The summed E-state index contributed by atoms with van der Waals surface area (Å²) in [5.41, 5.74) is 4.85. The van der Waals surface area contributed by atoms with Crippen LogP contribution in [0.5, 0.6) is 0 Å². The quantitative estimate of drug-likeness (QED) is 0.729. The fourth-order valence-electron chi connectivity index (χ4n) is 2.80. The van der Waals surface area contributed by atoms with Crippen molar-refractivity contribution in [1.29, 1.82) is 0 Å². The third-order valence-electron chi connectivity index (χ3n) is 3.89. The smallest absolute Gasteiger partial charge is 0.00993 e. The highest BCUT2D eigenvalue weighted by molar-refractivity contribution is 5.81. The van der Waals surface area contributed by atoms with Gasteiger partial charge in [0.05, 0.1) is 0 Å². The van der Waals surface area contributed by atoms with E-state index in [0.29, 0.717) is 0 Å². The summed E-state index contributed by atoms with van der Waals surface area (Å²) < 4.78 is 0. The van der Waals surface area contributed by atoms with E-state index in [4.69, 9.17) is 0 Å². The van der Waals surface area contributed by atoms with Gasteiger partial charge in [0.25, 0.3) is 0 Å². The summed E-state index contributed by atoms with van der Waals surface area (Å²) in [5, 5.41) is 2.50. The summed E-state index contributed by atoms with van der Waals surface area (Å²) in [6.45, 7) is 10.1. The standard InChI is InChI=1S/C23H24/c1-5-9-15-21-19(8-4)14-11-17-23(21)22-16-10-13-18(7-3)20(22)12-6-2/h5-17H,3H2,1-2,4H3/b9-5-,12-6-,19-8-,21-15+. The lowest BCUT2D eigenvalue weighted by atomic mass is 9.93. The highest BCUT2D eigenvalue weighted by Crippen LogP contribution is 2.26. The summed E-state index contributed by atoms with van der Waals surface area (Å²) in [4.78, 5) is 0. The molecular weight excluding hydrogens is 276 g/mol. The van der Waals surface area contributed by atoms with Gasteiger partial charge in [0.2, 0.25) is 0 Å². The summed E-state index contributed by atoms with van der Waals surface area (Å²) in [7, 11) is 0. The summed E-state index contributed by atoms with van der Waals surface area (Å²) in [5.74, 6) is 0. The molecule has 0 unspecified atom stereocenters. The van der Waals surface area contributed by atoms with E-state index < -0.39 is 0 Å². The molecule has 0 bridgehead atoms. The Hall–Kier alpha value is -2.60. The first-order valence-corrected chi connectivity index (χ1v) is 8.03. The van der Waals surface area contributed by atoms with E-state index in [1.54, 1.807) is 0 Å². The Kier molecular flexibility index (Phi) is 5.94. The fourth-order valence-corrected chi connectivity index (χ4v) is 2.80. The van der Waals surface area contributed by atoms with Crippen LogP contribution < -0.4 is 10.4 Å². The Bertz CT molecular complexity index is 861. The van der Waals surface area contributed by atoms with Crippen LogP contribution in [0.1, 0.15) is 31.9 Å². The Labute approximate surface area is 139 Å². The van der Waals surface area contributed by atoms with Crippen LogP contribution in [0.15, 0.2) is 61.2 Å². The minimum Gasteiger partial charge on any atom is -0.0984 e. The number of benzene rings is 2. The van der Waals surface area contributed by atoms with Crippen molar-refractivity contribution < 1.29 is 0 Å². The monoisotopic (exact) mass is 300 g/mol. The molecule has 0 fully saturated rings. The van der Waals surface area contributed by atoms with Crippen molar-refractivity contribution in [3.8, 4) is 11.1 Å². The maximum Gasteiger partial charge on any atom is -0.00993 e. The summed E-state index contributed by atoms with van der Waals surface area (Å²) in [6.07, 6.45) is 14.7. The molecule has 0 saturated heterocycles. The van der Waals surface area contributed by atoms with Crippen molar-refractivity contribution >= 4 is 24.3 Å². The average Bonchev–Trinajstić information content (AvgIpc) is 2.60. The number of allylic oxidation sites excluding steroid dienone is 3. The first-order valence-electron chi connectivity index (χ1n) is 8.03. The van der Waals surface area contributed by atoms with Crippen LogP contribution in [0.4, 0.5) is 0 Å². The van der Waals surface area contributed by atoms with Crippen LogP contribution in [-0.4, -0.2) is 0 Å². The van der Waals surface area contributed by atoms with Crippen LogP contribution in [0.2, 0.25) is 0 Å². The van der Waals surface area contributed by atoms with Crippen molar-refractivity contribution in [3.63, 3.8) is 0 Å². The molecule has 116 valence electrons. The summed E-state index contributed by atoms with van der Waals surface area (Å²) in [6, 6.07) is 12.9. The molecule has 0 aliphatic carbocycles. The molecule has 2 aromatic carbocycles. The number of rotatable bonds is 4. The zero-order valence-corrected chi connectivity index (χ0v) is 14.2. The molecule has 0 aliphatic heterocycles. The Morgan fingerprint density at radius 1 is 0.870 bits per heavy atom. The Balaban J connectivity index is 2.91. The molecule has 0 aliphatic rings. The van der Waals surface area contributed by atoms with Crippen molar-refractivity contribution in [3.05, 3.63) is 82.8 Å². The van der Waals surface area contributed by atoms with Gasteiger partial charge in [-0.2, -0.15) is 0 Å². The van der Waals surface area contributed by atoms with Gasteiger partial charge in [-0.25, -0.2) is 0 Å². The first-order chi connectivity index (χ1) is 11.3. The molecule has 23 heavy (non-hydrogen) atoms. The van der Waals surface area contributed by atoms with Gasteiger partial charge in [0, 0.05) is 0 Å². The predicted octanol–water partition coefficient (Wildman–Crippen LogP) is 5.19. The molecule has 0 nitrogen and oxygen atoms in total. The molecule has 0 radical (unpaired) electrons. The normalized spacial score (nSPS) is 13.3. The van der Waals surface area contributed by atoms with Crippen LogP contribution in [0, 0.1) is 0 Å². The van der Waals surface area contributed by atoms with Gasteiger partial charge in [-0.3, -0.25) is 0 Å². The predicted molar refractivity (Wildman–Crippen MR) is 105 cm³/mol. The van der Waals surface area contributed by atoms with E-state index in [9.17, 15) is 0 Å². The second kappa shape index (κ2) is 8.14. The molecule has 0 saturated carbocycles. The van der Waals surface area contributed by atoms with Crippen LogP contribution in [-0.2, 0) is 0 Å². The molecule has 0 amide bonds. The van der Waals surface area contributed by atoms with E-state index >= 15 is 0 Å². The molecule has 0 heterocycles. The van der Waals surface area contributed by atoms with Crippen molar-refractivity contribution in [2.75, 3.05) is 0 Å². The third-order valence-corrected chi connectivity index (χ3v) is 3.89. The first kappa shape index (κ1) is 16.8. The number of hydrogen-bond donors (Lipinski definition) is 0. The fraction of sp³-hybridized carbons (Fsp3) is 0.130. The molecule has 0 atom stereocenters. The van der Waals surface area contributed by atoms with Crippen LogP contribution >= 0.6 is 0 Å². The molecule has 2 rings (SSSR count). The third kappa shape index (κ3) is 3.60. The maximum absolute atomic E-state index is 3.96.